The van der Waals surface area contributed by atoms with E-state index in [2.05, 4.69) is 29.1 Å². The van der Waals surface area contributed by atoms with Crippen LogP contribution in [-0.4, -0.2) is 26.3 Å². The molecule has 0 radical (unpaired) electrons. The number of amidine groups is 1. The Kier molecular flexibility index (Phi) is 4.91. The summed E-state index contributed by atoms with van der Waals surface area (Å²) in [5.74, 6) is -0.230. The Bertz CT molecular complexity index is 912. The predicted octanol–water partition coefficient (Wildman–Crippen LogP) is 2.72. The van der Waals surface area contributed by atoms with Crippen LogP contribution >= 0.6 is 0 Å². The van der Waals surface area contributed by atoms with Crippen LogP contribution in [-0.2, 0) is 0 Å². The van der Waals surface area contributed by atoms with Gasteiger partial charge in [-0.05, 0) is 44.1 Å². The lowest BCUT2D eigenvalue weighted by Crippen LogP contribution is -2.29. The fourth-order valence-electron chi connectivity index (χ4n) is 3.67. The number of anilines is 1. The van der Waals surface area contributed by atoms with E-state index >= 15 is 0 Å². The molecule has 0 unspecified atom stereocenters. The van der Waals surface area contributed by atoms with Crippen LogP contribution in [0.4, 0.5) is 5.82 Å². The summed E-state index contributed by atoms with van der Waals surface area (Å²) in [4.78, 5) is 21.2. The lowest BCUT2D eigenvalue weighted by molar-refractivity contribution is 0.0978. The number of nitrogens with zero attached hydrogens (tertiary/aromatic N) is 3. The van der Waals surface area contributed by atoms with E-state index in [9.17, 15) is 4.79 Å². The maximum absolute atomic E-state index is 12.8. The van der Waals surface area contributed by atoms with Crippen molar-refractivity contribution >= 4 is 28.6 Å². The highest BCUT2D eigenvalue weighted by Gasteiger charge is 2.30. The van der Waals surface area contributed by atoms with Crippen LogP contribution in [0.5, 0.6) is 0 Å². The molecule has 2 aromatic heterocycles. The summed E-state index contributed by atoms with van der Waals surface area (Å²) < 4.78 is 2.05. The Morgan fingerprint density at radius 1 is 1.37 bits per heavy atom. The largest absolute Gasteiger partial charge is 0.402 e. The average molecular weight is 369 g/mol. The molecule has 0 atom stereocenters. The van der Waals surface area contributed by atoms with E-state index in [1.54, 1.807) is 13.1 Å². The Labute approximate surface area is 158 Å². The smallest absolute Gasteiger partial charge is 0.259 e. The fourth-order valence-corrected chi connectivity index (χ4v) is 3.67. The third-order valence-corrected chi connectivity index (χ3v) is 5.21. The van der Waals surface area contributed by atoms with Gasteiger partial charge in [0.25, 0.3) is 5.91 Å². The van der Waals surface area contributed by atoms with Crippen molar-refractivity contribution in [3.8, 4) is 0 Å². The molecule has 8 nitrogen and oxygen atoms in total. The number of carbonyl (C=O) groups excluding carboxylic acids is 1. The Hall–Kier alpha value is -2.90. The van der Waals surface area contributed by atoms with Crippen molar-refractivity contribution in [1.82, 2.24) is 19.9 Å². The maximum atomic E-state index is 12.8. The van der Waals surface area contributed by atoms with E-state index in [4.69, 9.17) is 16.9 Å². The highest BCUT2D eigenvalue weighted by molar-refractivity contribution is 6.16. The molecule has 0 aromatic carbocycles. The Morgan fingerprint density at radius 3 is 2.67 bits per heavy atom. The SMILES string of the molecule is C/C(N)=C/C(=N)NC(=O)c1cn(C2CCC(C)(C)CC2)c2ncnc(N)c12. The van der Waals surface area contributed by atoms with E-state index in [0.29, 0.717) is 27.7 Å². The van der Waals surface area contributed by atoms with Gasteiger partial charge in [-0.15, -0.1) is 0 Å². The second-order valence-electron chi connectivity index (χ2n) is 8.06. The van der Waals surface area contributed by atoms with Crippen LogP contribution in [0.25, 0.3) is 11.0 Å². The van der Waals surface area contributed by atoms with Gasteiger partial charge in [0.15, 0.2) is 0 Å². The van der Waals surface area contributed by atoms with Gasteiger partial charge in [-0.25, -0.2) is 9.97 Å². The highest BCUT2D eigenvalue weighted by atomic mass is 16.1. The summed E-state index contributed by atoms with van der Waals surface area (Å²) >= 11 is 0. The van der Waals surface area contributed by atoms with E-state index < -0.39 is 5.91 Å². The predicted molar refractivity (Wildman–Crippen MR) is 106 cm³/mol. The summed E-state index contributed by atoms with van der Waals surface area (Å²) in [5.41, 5.74) is 13.5. The van der Waals surface area contributed by atoms with Gasteiger partial charge in [0.1, 0.15) is 23.6 Å². The second-order valence-corrected chi connectivity index (χ2v) is 8.06. The first-order valence-electron chi connectivity index (χ1n) is 9.12. The minimum absolute atomic E-state index is 0.0734. The zero-order valence-electron chi connectivity index (χ0n) is 16.0. The first-order chi connectivity index (χ1) is 12.7. The molecule has 1 aliphatic carbocycles. The zero-order valence-corrected chi connectivity index (χ0v) is 16.0. The molecule has 8 heteroatoms. The van der Waals surface area contributed by atoms with Gasteiger partial charge in [-0.1, -0.05) is 13.8 Å². The monoisotopic (exact) mass is 369 g/mol. The topological polar surface area (TPSA) is 136 Å². The molecule has 1 saturated carbocycles. The van der Waals surface area contributed by atoms with E-state index in [1.165, 1.54) is 12.4 Å². The molecule has 6 N–H and O–H groups in total. The molecule has 1 aliphatic rings. The lowest BCUT2D eigenvalue weighted by atomic mass is 9.75. The molecule has 3 rings (SSSR count). The summed E-state index contributed by atoms with van der Waals surface area (Å²) in [6.07, 6.45) is 8.88. The second kappa shape index (κ2) is 7.02. The van der Waals surface area contributed by atoms with Crippen LogP contribution in [0, 0.1) is 10.8 Å². The third-order valence-electron chi connectivity index (χ3n) is 5.21. The molecular formula is C19H27N7O. The maximum Gasteiger partial charge on any atom is 0.259 e. The summed E-state index contributed by atoms with van der Waals surface area (Å²) in [5, 5.41) is 10.9. The van der Waals surface area contributed by atoms with Crippen molar-refractivity contribution in [3.63, 3.8) is 0 Å². The summed E-state index contributed by atoms with van der Waals surface area (Å²) in [7, 11) is 0. The molecule has 144 valence electrons. The number of allylic oxidation sites excluding steroid dienone is 1. The molecule has 0 aliphatic heterocycles. The molecule has 0 saturated heterocycles. The van der Waals surface area contributed by atoms with Crippen molar-refractivity contribution in [1.29, 1.82) is 5.41 Å². The number of fused-ring (bicyclic) bond motifs is 1. The van der Waals surface area contributed by atoms with Crippen molar-refractivity contribution in [2.45, 2.75) is 52.5 Å². The molecule has 27 heavy (non-hydrogen) atoms. The van der Waals surface area contributed by atoms with Gasteiger partial charge in [0.05, 0.1) is 10.9 Å². The van der Waals surface area contributed by atoms with Crippen LogP contribution in [0.3, 0.4) is 0 Å². The minimum atomic E-state index is -0.418. The van der Waals surface area contributed by atoms with Gasteiger partial charge < -0.3 is 21.4 Å². The van der Waals surface area contributed by atoms with E-state index in [1.807, 2.05) is 4.57 Å². The molecule has 1 amide bonds. The number of nitrogens with two attached hydrogens (primary N) is 2. The first kappa shape index (κ1) is 18.9. The van der Waals surface area contributed by atoms with Gasteiger partial charge in [-0.2, -0.15) is 0 Å². The molecule has 2 heterocycles. The number of nitrogens with one attached hydrogen (secondary N) is 2. The van der Waals surface area contributed by atoms with Crippen LogP contribution < -0.4 is 16.8 Å². The Morgan fingerprint density at radius 2 is 2.04 bits per heavy atom. The van der Waals surface area contributed by atoms with Crippen LogP contribution in [0.2, 0.25) is 0 Å². The number of aromatic nitrogens is 3. The molecule has 0 bridgehead atoms. The Balaban J connectivity index is 1.98. The first-order valence-corrected chi connectivity index (χ1v) is 9.12. The molecule has 1 fully saturated rings. The normalized spacial score (nSPS) is 17.8. The average Bonchev–Trinajstić information content (AvgIpc) is 2.95. The molecule has 2 aromatic rings. The van der Waals surface area contributed by atoms with Crippen LogP contribution in [0.15, 0.2) is 24.3 Å². The van der Waals surface area contributed by atoms with E-state index in [-0.39, 0.29) is 17.7 Å². The number of amides is 1. The number of hydrogen-bond donors (Lipinski definition) is 4. The van der Waals surface area contributed by atoms with Crippen molar-refractivity contribution < 1.29 is 4.79 Å². The molecule has 0 spiro atoms. The van der Waals surface area contributed by atoms with Crippen molar-refractivity contribution in [2.75, 3.05) is 5.73 Å². The van der Waals surface area contributed by atoms with E-state index in [0.717, 1.165) is 25.7 Å². The number of rotatable bonds is 3. The zero-order chi connectivity index (χ0) is 19.8. The quantitative estimate of drug-likeness (QED) is 0.487. The minimum Gasteiger partial charge on any atom is -0.402 e. The third kappa shape index (κ3) is 3.94. The number of hydrogen-bond acceptors (Lipinski definition) is 6. The van der Waals surface area contributed by atoms with Crippen molar-refractivity contribution in [3.05, 3.63) is 29.9 Å². The summed E-state index contributed by atoms with van der Waals surface area (Å²) in [6, 6.07) is 0.266. The standard InChI is InChI=1S/C19H27N7O/c1-11(20)8-14(21)25-18(27)13-9-26(12-4-6-19(2,3)7-5-12)17-15(13)16(22)23-10-24-17/h8-10,12H,4-7,20H2,1-3H3,(H2,21,25,27)(H2,22,23,24)/b11-8-. The number of carbonyl (C=O) groups is 1. The van der Waals surface area contributed by atoms with Gasteiger partial charge in [0.2, 0.25) is 0 Å². The van der Waals surface area contributed by atoms with Gasteiger partial charge >= 0.3 is 0 Å². The molecular weight excluding hydrogens is 342 g/mol. The van der Waals surface area contributed by atoms with Gasteiger partial charge in [-0.3, -0.25) is 10.2 Å². The highest BCUT2D eigenvalue weighted by Crippen LogP contribution is 2.41. The van der Waals surface area contributed by atoms with Crippen molar-refractivity contribution in [2.24, 2.45) is 11.1 Å². The summed E-state index contributed by atoms with van der Waals surface area (Å²) in [6.45, 7) is 6.23. The van der Waals surface area contributed by atoms with Crippen LogP contribution in [0.1, 0.15) is 62.9 Å². The fraction of sp³-hybridized carbons (Fsp3) is 0.474. The lowest BCUT2D eigenvalue weighted by Gasteiger charge is -2.35. The van der Waals surface area contributed by atoms with Gasteiger partial charge in [0, 0.05) is 17.9 Å². The number of nitrogen functional groups attached to an aromatic ring is 1.